The van der Waals surface area contributed by atoms with Crippen molar-refractivity contribution in [3.63, 3.8) is 0 Å². The average Bonchev–Trinajstić information content (AvgIpc) is 2.88. The summed E-state index contributed by atoms with van der Waals surface area (Å²) in [6, 6.07) is 27.1. The minimum Gasteiger partial charge on any atom is -0.219 e. The molecule has 0 radical (unpaired) electrons. The average molecular weight is 504 g/mol. The second-order valence-corrected chi connectivity index (χ2v) is 12.5. The predicted molar refractivity (Wildman–Crippen MR) is 138 cm³/mol. The van der Waals surface area contributed by atoms with Gasteiger partial charge in [-0.15, -0.1) is 0 Å². The summed E-state index contributed by atoms with van der Waals surface area (Å²) < 4.78 is 56.9. The van der Waals surface area contributed by atoms with Crippen molar-refractivity contribution in [3.8, 4) is 0 Å². The Morgan fingerprint density at radius 2 is 1.37 bits per heavy atom. The fraction of sp³-hybridized carbons (Fsp3) is 0.143. The van der Waals surface area contributed by atoms with Gasteiger partial charge in [-0.05, 0) is 53.9 Å². The Bertz CT molecular complexity index is 1620. The van der Waals surface area contributed by atoms with Gasteiger partial charge >= 0.3 is 0 Å². The highest BCUT2D eigenvalue weighted by molar-refractivity contribution is 7.95. The molecule has 1 heterocycles. The first-order valence-electron chi connectivity index (χ1n) is 11.4. The maximum absolute atomic E-state index is 13.9. The monoisotopic (exact) mass is 503 g/mol. The molecule has 35 heavy (non-hydrogen) atoms. The second kappa shape index (κ2) is 9.07. The highest BCUT2D eigenvalue weighted by Crippen LogP contribution is 2.43. The van der Waals surface area contributed by atoms with Crippen molar-refractivity contribution in [2.45, 2.75) is 29.2 Å². The number of rotatable bonds is 5. The van der Waals surface area contributed by atoms with Crippen molar-refractivity contribution < 1.29 is 16.8 Å². The fourth-order valence-corrected chi connectivity index (χ4v) is 7.95. The minimum atomic E-state index is -3.98. The van der Waals surface area contributed by atoms with Crippen LogP contribution in [0, 0.1) is 6.92 Å². The summed E-state index contributed by atoms with van der Waals surface area (Å²) in [7, 11) is -7.95. The Balaban J connectivity index is 1.75. The summed E-state index contributed by atoms with van der Waals surface area (Å²) in [4.78, 5) is 0.376. The third-order valence-electron chi connectivity index (χ3n) is 6.36. The van der Waals surface area contributed by atoms with E-state index in [-0.39, 0.29) is 21.2 Å². The van der Waals surface area contributed by atoms with Gasteiger partial charge in [0.25, 0.3) is 0 Å². The maximum Gasteiger partial charge on any atom is 0.243 e. The van der Waals surface area contributed by atoms with E-state index in [1.807, 2.05) is 49.4 Å². The van der Waals surface area contributed by atoms with Crippen molar-refractivity contribution in [3.05, 3.63) is 119 Å². The summed E-state index contributed by atoms with van der Waals surface area (Å²) in [6.07, 6.45) is 1.98. The van der Waals surface area contributed by atoms with Gasteiger partial charge in [0.2, 0.25) is 19.9 Å². The number of aryl methyl sites for hydroxylation is 1. The molecule has 0 fully saturated rings. The number of benzene rings is 4. The third kappa shape index (κ3) is 4.20. The maximum atomic E-state index is 13.9. The Hall–Kier alpha value is -3.26. The van der Waals surface area contributed by atoms with Gasteiger partial charge in [-0.2, -0.15) is 4.31 Å². The van der Waals surface area contributed by atoms with Gasteiger partial charge in [-0.3, -0.25) is 0 Å². The predicted octanol–water partition coefficient (Wildman–Crippen LogP) is 5.64. The van der Waals surface area contributed by atoms with Crippen LogP contribution in [0.4, 0.5) is 0 Å². The highest BCUT2D eigenvalue weighted by Gasteiger charge is 2.42. The SMILES string of the molecule is Cc1ccc(S(=O)(=O)C2=CCCN(S(=O)(=O)c3ccccc3)C2c2cccc3ccccc23)cc1. The molecule has 0 N–H and O–H groups in total. The molecule has 1 unspecified atom stereocenters. The molecule has 1 atom stereocenters. The summed E-state index contributed by atoms with van der Waals surface area (Å²) in [5, 5.41) is 1.74. The van der Waals surface area contributed by atoms with Gasteiger partial charge < -0.3 is 0 Å². The lowest BCUT2D eigenvalue weighted by Gasteiger charge is -2.36. The zero-order valence-electron chi connectivity index (χ0n) is 19.2. The van der Waals surface area contributed by atoms with Crippen LogP contribution in [0.1, 0.15) is 23.6 Å². The Labute approximate surface area is 206 Å². The third-order valence-corrected chi connectivity index (χ3v) is 10.1. The molecular formula is C28H25NO4S2. The number of sulfone groups is 1. The summed E-state index contributed by atoms with van der Waals surface area (Å²) in [5.74, 6) is 0. The molecule has 178 valence electrons. The summed E-state index contributed by atoms with van der Waals surface area (Å²) in [5.41, 5.74) is 1.59. The molecule has 7 heteroatoms. The largest absolute Gasteiger partial charge is 0.243 e. The fourth-order valence-electron chi connectivity index (χ4n) is 4.61. The Kier molecular flexibility index (Phi) is 6.09. The molecule has 0 saturated heterocycles. The van der Waals surface area contributed by atoms with E-state index >= 15 is 0 Å². The lowest BCUT2D eigenvalue weighted by atomic mass is 9.96. The molecule has 1 aliphatic heterocycles. The molecule has 5 rings (SSSR count). The molecular weight excluding hydrogens is 478 g/mol. The summed E-state index contributed by atoms with van der Waals surface area (Å²) >= 11 is 0. The van der Waals surface area contributed by atoms with Gasteiger partial charge in [0.1, 0.15) is 0 Å². The number of hydrogen-bond donors (Lipinski definition) is 0. The van der Waals surface area contributed by atoms with Crippen LogP contribution in [-0.4, -0.2) is 27.7 Å². The quantitative estimate of drug-likeness (QED) is 0.353. The van der Waals surface area contributed by atoms with Crippen LogP contribution in [0.2, 0.25) is 0 Å². The normalized spacial score (nSPS) is 17.3. The van der Waals surface area contributed by atoms with Crippen molar-refractivity contribution in [2.24, 2.45) is 0 Å². The number of hydrogen-bond acceptors (Lipinski definition) is 4. The Morgan fingerprint density at radius 1 is 0.714 bits per heavy atom. The van der Waals surface area contributed by atoms with E-state index in [1.54, 1.807) is 60.7 Å². The molecule has 0 spiro atoms. The van der Waals surface area contributed by atoms with E-state index in [9.17, 15) is 16.8 Å². The van der Waals surface area contributed by atoms with Gasteiger partial charge in [-0.25, -0.2) is 16.8 Å². The minimum absolute atomic E-state index is 0.0865. The van der Waals surface area contributed by atoms with Crippen LogP contribution in [0.15, 0.2) is 118 Å². The second-order valence-electron chi connectivity index (χ2n) is 8.61. The molecule has 0 aliphatic carbocycles. The molecule has 0 amide bonds. The van der Waals surface area contributed by atoms with Crippen molar-refractivity contribution in [1.82, 2.24) is 4.31 Å². The molecule has 5 nitrogen and oxygen atoms in total. The van der Waals surface area contributed by atoms with Gasteiger partial charge in [0.15, 0.2) is 0 Å². The Morgan fingerprint density at radius 3 is 2.11 bits per heavy atom. The van der Waals surface area contributed by atoms with Crippen LogP contribution in [0.25, 0.3) is 10.8 Å². The van der Waals surface area contributed by atoms with Gasteiger partial charge in [0.05, 0.1) is 20.7 Å². The highest BCUT2D eigenvalue weighted by atomic mass is 32.2. The van der Waals surface area contributed by atoms with Crippen LogP contribution < -0.4 is 0 Å². The zero-order chi connectivity index (χ0) is 24.6. The number of fused-ring (bicyclic) bond motifs is 1. The van der Waals surface area contributed by atoms with Crippen LogP contribution in [0.3, 0.4) is 0 Å². The molecule has 4 aromatic rings. The molecule has 0 saturated carbocycles. The van der Waals surface area contributed by atoms with Crippen molar-refractivity contribution in [1.29, 1.82) is 0 Å². The molecule has 4 aromatic carbocycles. The van der Waals surface area contributed by atoms with E-state index in [1.165, 1.54) is 4.31 Å². The first-order valence-corrected chi connectivity index (χ1v) is 14.3. The molecule has 0 aromatic heterocycles. The van der Waals surface area contributed by atoms with E-state index in [0.717, 1.165) is 16.3 Å². The lowest BCUT2D eigenvalue weighted by Crippen LogP contribution is -2.40. The standard InChI is InChI=1S/C28H25NO4S2/c1-21-16-18-23(19-17-21)34(30,31)27-15-8-20-29(35(32,33)24-11-3-2-4-12-24)28(27)26-14-7-10-22-9-5-6-13-25(22)26/h2-7,9-19,28H,8,20H2,1H3. The van der Waals surface area contributed by atoms with Crippen LogP contribution in [-0.2, 0) is 19.9 Å². The zero-order valence-corrected chi connectivity index (χ0v) is 20.8. The number of nitrogens with zero attached hydrogens (tertiary/aromatic N) is 1. The van der Waals surface area contributed by atoms with Crippen LogP contribution in [0.5, 0.6) is 0 Å². The van der Waals surface area contributed by atoms with Gasteiger partial charge in [0, 0.05) is 6.54 Å². The van der Waals surface area contributed by atoms with E-state index in [2.05, 4.69) is 0 Å². The van der Waals surface area contributed by atoms with Crippen molar-refractivity contribution in [2.75, 3.05) is 6.54 Å². The van der Waals surface area contributed by atoms with E-state index < -0.39 is 25.9 Å². The first-order chi connectivity index (χ1) is 16.8. The van der Waals surface area contributed by atoms with Crippen LogP contribution >= 0.6 is 0 Å². The van der Waals surface area contributed by atoms with E-state index in [0.29, 0.717) is 12.0 Å². The topological polar surface area (TPSA) is 71.5 Å². The van der Waals surface area contributed by atoms with E-state index in [4.69, 9.17) is 0 Å². The molecule has 1 aliphatic rings. The summed E-state index contributed by atoms with van der Waals surface area (Å²) in [6.45, 7) is 2.07. The molecule has 0 bridgehead atoms. The smallest absolute Gasteiger partial charge is 0.219 e. The number of sulfonamides is 1. The van der Waals surface area contributed by atoms with Crippen molar-refractivity contribution >= 4 is 30.6 Å². The van der Waals surface area contributed by atoms with Gasteiger partial charge in [-0.1, -0.05) is 84.4 Å². The first kappa shape index (κ1) is 23.5. The lowest BCUT2D eigenvalue weighted by molar-refractivity contribution is 0.355.